The molecule has 2 aliphatic rings. The second-order valence-corrected chi connectivity index (χ2v) is 5.49. The van der Waals surface area contributed by atoms with Gasteiger partial charge in [-0.1, -0.05) is 18.2 Å². The van der Waals surface area contributed by atoms with Crippen LogP contribution in [0.5, 0.6) is 0 Å². The molecule has 0 saturated carbocycles. The van der Waals surface area contributed by atoms with Crippen LogP contribution in [0.1, 0.15) is 25.7 Å². The van der Waals surface area contributed by atoms with Crippen LogP contribution >= 0.6 is 0 Å². The van der Waals surface area contributed by atoms with Crippen molar-refractivity contribution in [3.63, 3.8) is 0 Å². The summed E-state index contributed by atoms with van der Waals surface area (Å²) in [7, 11) is 2.12. The molecule has 0 unspecified atom stereocenters. The average molecular weight is 270 g/mol. The Morgan fingerprint density at radius 2 is 1.75 bits per heavy atom. The van der Waals surface area contributed by atoms with Crippen LogP contribution in [0.25, 0.3) is 0 Å². The Labute approximate surface area is 120 Å². The van der Waals surface area contributed by atoms with Gasteiger partial charge in [-0.15, -0.1) is 0 Å². The van der Waals surface area contributed by atoms with E-state index in [2.05, 4.69) is 16.8 Å². The molecular formula is C16H22N4. The van der Waals surface area contributed by atoms with E-state index in [1.165, 1.54) is 25.1 Å². The van der Waals surface area contributed by atoms with Gasteiger partial charge in [0.15, 0.2) is 0 Å². The van der Waals surface area contributed by atoms with Crippen molar-refractivity contribution in [2.24, 2.45) is 9.98 Å². The highest BCUT2D eigenvalue weighted by atomic mass is 15.3. The lowest BCUT2D eigenvalue weighted by molar-refractivity contribution is 0.510. The van der Waals surface area contributed by atoms with Gasteiger partial charge in [0, 0.05) is 33.1 Å². The Bertz CT molecular complexity index is 500. The summed E-state index contributed by atoms with van der Waals surface area (Å²) in [5.74, 6) is 2.06. The van der Waals surface area contributed by atoms with Crippen LogP contribution in [-0.2, 0) is 0 Å². The molecule has 0 amide bonds. The first-order valence-corrected chi connectivity index (χ1v) is 7.50. The number of guanidine groups is 1. The number of hydrogen-bond donors (Lipinski definition) is 0. The lowest BCUT2D eigenvalue weighted by Gasteiger charge is -2.19. The van der Waals surface area contributed by atoms with Gasteiger partial charge in [0.25, 0.3) is 0 Å². The van der Waals surface area contributed by atoms with Gasteiger partial charge in [-0.3, -0.25) is 0 Å². The highest BCUT2D eigenvalue weighted by molar-refractivity contribution is 5.97. The maximum Gasteiger partial charge on any atom is 0.227 e. The Morgan fingerprint density at radius 1 is 1.00 bits per heavy atom. The summed E-state index contributed by atoms with van der Waals surface area (Å²) in [5, 5.41) is 0. The van der Waals surface area contributed by atoms with E-state index < -0.39 is 0 Å². The lowest BCUT2D eigenvalue weighted by atomic mass is 10.3. The monoisotopic (exact) mass is 270 g/mol. The zero-order valence-electron chi connectivity index (χ0n) is 12.1. The topological polar surface area (TPSA) is 31.2 Å². The minimum absolute atomic E-state index is 0.887. The molecule has 0 radical (unpaired) electrons. The van der Waals surface area contributed by atoms with Gasteiger partial charge < -0.3 is 9.80 Å². The van der Waals surface area contributed by atoms with Crippen molar-refractivity contribution in [2.45, 2.75) is 25.7 Å². The first-order valence-electron chi connectivity index (χ1n) is 7.50. The molecule has 2 saturated heterocycles. The lowest BCUT2D eigenvalue weighted by Crippen LogP contribution is -2.29. The van der Waals surface area contributed by atoms with Gasteiger partial charge in [-0.25, -0.2) is 4.99 Å². The summed E-state index contributed by atoms with van der Waals surface area (Å²) >= 11 is 0. The van der Waals surface area contributed by atoms with Crippen molar-refractivity contribution in [1.82, 2.24) is 9.80 Å². The van der Waals surface area contributed by atoms with E-state index in [1.807, 2.05) is 30.3 Å². The fourth-order valence-corrected chi connectivity index (χ4v) is 2.75. The molecular weight excluding hydrogens is 248 g/mol. The third-order valence-corrected chi connectivity index (χ3v) is 3.94. The molecule has 0 N–H and O–H groups in total. The fourth-order valence-electron chi connectivity index (χ4n) is 2.75. The van der Waals surface area contributed by atoms with Crippen molar-refractivity contribution in [1.29, 1.82) is 0 Å². The molecule has 0 atom stereocenters. The largest absolute Gasteiger partial charge is 0.363 e. The Hall–Kier alpha value is -1.84. The molecule has 0 aromatic heterocycles. The maximum atomic E-state index is 4.85. The van der Waals surface area contributed by atoms with Crippen LogP contribution in [-0.4, -0.2) is 48.3 Å². The van der Waals surface area contributed by atoms with E-state index in [4.69, 9.17) is 9.98 Å². The third kappa shape index (κ3) is 3.00. The molecule has 1 aromatic rings. The van der Waals surface area contributed by atoms with Gasteiger partial charge in [0.1, 0.15) is 5.84 Å². The van der Waals surface area contributed by atoms with E-state index in [-0.39, 0.29) is 0 Å². The SMILES string of the molecule is CN1CCC/C1=N/C(=N/c1ccccc1)N1CCCC1. The standard InChI is InChI=1S/C16H22N4/c1-19-11-7-10-15(19)18-16(20-12-5-6-13-20)17-14-8-3-2-4-9-14/h2-4,8-9H,5-7,10-13H2,1H3/b17-16-,18-15-. The van der Waals surface area contributed by atoms with Gasteiger partial charge in [-0.2, -0.15) is 4.99 Å². The zero-order valence-corrected chi connectivity index (χ0v) is 12.1. The molecule has 0 spiro atoms. The van der Waals surface area contributed by atoms with Crippen molar-refractivity contribution in [3.05, 3.63) is 30.3 Å². The number of aliphatic imine (C=N–C) groups is 2. The number of para-hydroxylation sites is 1. The summed E-state index contributed by atoms with van der Waals surface area (Å²) < 4.78 is 0. The fraction of sp³-hybridized carbons (Fsp3) is 0.500. The molecule has 2 aliphatic heterocycles. The van der Waals surface area contributed by atoms with E-state index in [0.717, 1.165) is 37.7 Å². The predicted molar refractivity (Wildman–Crippen MR) is 83.6 cm³/mol. The summed E-state index contributed by atoms with van der Waals surface area (Å²) in [6, 6.07) is 10.1. The minimum atomic E-state index is 0.887. The highest BCUT2D eigenvalue weighted by Gasteiger charge is 2.20. The van der Waals surface area contributed by atoms with Crippen LogP contribution in [0.2, 0.25) is 0 Å². The first-order chi connectivity index (χ1) is 9.83. The first kappa shape index (κ1) is 13.2. The molecule has 20 heavy (non-hydrogen) atoms. The highest BCUT2D eigenvalue weighted by Crippen LogP contribution is 2.17. The third-order valence-electron chi connectivity index (χ3n) is 3.94. The van der Waals surface area contributed by atoms with Crippen LogP contribution in [0.4, 0.5) is 5.69 Å². The second-order valence-electron chi connectivity index (χ2n) is 5.49. The van der Waals surface area contributed by atoms with Gasteiger partial charge in [-0.05, 0) is 31.4 Å². The molecule has 0 aliphatic carbocycles. The van der Waals surface area contributed by atoms with E-state index in [1.54, 1.807) is 0 Å². The Kier molecular flexibility index (Phi) is 4.00. The maximum absolute atomic E-state index is 4.85. The average Bonchev–Trinajstić information content (AvgIpc) is 3.12. The van der Waals surface area contributed by atoms with Crippen molar-refractivity contribution in [2.75, 3.05) is 26.7 Å². The number of nitrogens with zero attached hydrogens (tertiary/aromatic N) is 4. The molecule has 4 heteroatoms. The van der Waals surface area contributed by atoms with Crippen LogP contribution in [0, 0.1) is 0 Å². The van der Waals surface area contributed by atoms with Crippen LogP contribution in [0.3, 0.4) is 0 Å². The zero-order chi connectivity index (χ0) is 13.8. The number of amidine groups is 1. The smallest absolute Gasteiger partial charge is 0.227 e. The minimum Gasteiger partial charge on any atom is -0.363 e. The quantitative estimate of drug-likeness (QED) is 0.580. The van der Waals surface area contributed by atoms with Gasteiger partial charge in [0.05, 0.1) is 5.69 Å². The van der Waals surface area contributed by atoms with E-state index in [0.29, 0.717) is 0 Å². The van der Waals surface area contributed by atoms with Crippen LogP contribution < -0.4 is 0 Å². The van der Waals surface area contributed by atoms with Gasteiger partial charge >= 0.3 is 0 Å². The normalized spacial score (nSPS) is 22.1. The van der Waals surface area contributed by atoms with Crippen molar-refractivity contribution >= 4 is 17.5 Å². The molecule has 4 nitrogen and oxygen atoms in total. The molecule has 2 heterocycles. The molecule has 0 bridgehead atoms. The van der Waals surface area contributed by atoms with E-state index >= 15 is 0 Å². The Morgan fingerprint density at radius 3 is 2.40 bits per heavy atom. The molecule has 106 valence electrons. The van der Waals surface area contributed by atoms with E-state index in [9.17, 15) is 0 Å². The molecule has 2 fully saturated rings. The predicted octanol–water partition coefficient (Wildman–Crippen LogP) is 2.89. The number of hydrogen-bond acceptors (Lipinski definition) is 1. The van der Waals surface area contributed by atoms with Crippen molar-refractivity contribution in [3.8, 4) is 0 Å². The second kappa shape index (κ2) is 6.07. The van der Waals surface area contributed by atoms with Crippen LogP contribution in [0.15, 0.2) is 40.3 Å². The number of likely N-dealkylation sites (tertiary alicyclic amines) is 2. The summed E-state index contributed by atoms with van der Waals surface area (Å²) in [6.45, 7) is 3.26. The summed E-state index contributed by atoms with van der Waals surface area (Å²) in [5.41, 5.74) is 0.986. The summed E-state index contributed by atoms with van der Waals surface area (Å²) in [6.07, 6.45) is 4.76. The molecule has 1 aromatic carbocycles. The number of benzene rings is 1. The number of rotatable bonds is 1. The van der Waals surface area contributed by atoms with Gasteiger partial charge in [0.2, 0.25) is 5.96 Å². The van der Waals surface area contributed by atoms with Crippen molar-refractivity contribution < 1.29 is 0 Å². The molecule has 3 rings (SSSR count). The Balaban J connectivity index is 1.89. The summed E-state index contributed by atoms with van der Waals surface area (Å²) in [4.78, 5) is 14.2.